The minimum absolute atomic E-state index is 0.00247. The molecule has 0 bridgehead atoms. The molecule has 0 unspecified atom stereocenters. The second-order valence-electron chi connectivity index (χ2n) is 4.86. The summed E-state index contributed by atoms with van der Waals surface area (Å²) in [4.78, 5) is 16.4. The van der Waals surface area contributed by atoms with Gasteiger partial charge >= 0.3 is 0 Å². The van der Waals surface area contributed by atoms with Gasteiger partial charge in [0.2, 0.25) is 0 Å². The normalized spacial score (nSPS) is 11.3. The van der Waals surface area contributed by atoms with Gasteiger partial charge in [-0.25, -0.2) is 4.99 Å². The van der Waals surface area contributed by atoms with Crippen LogP contribution in [0.5, 0.6) is 0 Å². The van der Waals surface area contributed by atoms with Crippen molar-refractivity contribution in [3.05, 3.63) is 52.8 Å². The van der Waals surface area contributed by atoms with E-state index in [-0.39, 0.29) is 11.5 Å². The van der Waals surface area contributed by atoms with Crippen molar-refractivity contribution < 1.29 is 9.32 Å². The lowest BCUT2D eigenvalue weighted by Crippen LogP contribution is -2.37. The Kier molecular flexibility index (Phi) is 5.18. The standard InChI is InChI=1S/C16H17ClN4O2/c1-4-8-19-16(18)20-15(22)13-10(3)23-21-14(13)12-9(2)6-5-7-11(12)17/h4-7H,1,8H2,2-3H3,(H3,18,19,20,22). The minimum atomic E-state index is -0.455. The van der Waals surface area contributed by atoms with Crippen molar-refractivity contribution in [2.75, 3.05) is 6.54 Å². The summed E-state index contributed by atoms with van der Waals surface area (Å²) < 4.78 is 5.18. The van der Waals surface area contributed by atoms with Gasteiger partial charge in [0.05, 0.1) is 11.6 Å². The number of aryl methyl sites for hydroxylation is 2. The number of guanidine groups is 1. The summed E-state index contributed by atoms with van der Waals surface area (Å²) >= 11 is 6.25. The quantitative estimate of drug-likeness (QED) is 0.511. The van der Waals surface area contributed by atoms with E-state index in [2.05, 4.69) is 22.0 Å². The Bertz CT molecular complexity index is 760. The van der Waals surface area contributed by atoms with Gasteiger partial charge in [0.25, 0.3) is 5.91 Å². The van der Waals surface area contributed by atoms with Crippen LogP contribution in [0.25, 0.3) is 11.3 Å². The number of aliphatic imine (C=N–C) groups is 1. The average molecular weight is 333 g/mol. The Balaban J connectivity index is 2.43. The Labute approximate surface area is 139 Å². The third-order valence-corrected chi connectivity index (χ3v) is 3.50. The molecular weight excluding hydrogens is 316 g/mol. The molecule has 2 aromatic rings. The topological polar surface area (TPSA) is 93.5 Å². The third-order valence-electron chi connectivity index (χ3n) is 3.18. The number of rotatable bonds is 4. The molecule has 3 N–H and O–H groups in total. The largest absolute Gasteiger partial charge is 0.370 e. The molecule has 120 valence electrons. The predicted molar refractivity (Wildman–Crippen MR) is 90.6 cm³/mol. The van der Waals surface area contributed by atoms with Crippen LogP contribution in [0.15, 0.2) is 40.4 Å². The van der Waals surface area contributed by atoms with Crippen LogP contribution in [0.4, 0.5) is 0 Å². The molecule has 0 spiro atoms. The second kappa shape index (κ2) is 7.11. The molecule has 2 rings (SSSR count). The monoisotopic (exact) mass is 332 g/mol. The number of hydrogen-bond acceptors (Lipinski definition) is 4. The number of nitrogens with zero attached hydrogens (tertiary/aromatic N) is 2. The molecule has 0 aliphatic heterocycles. The lowest BCUT2D eigenvalue weighted by molar-refractivity contribution is 0.0975. The molecule has 1 aromatic carbocycles. The predicted octanol–water partition coefficient (Wildman–Crippen LogP) is 2.84. The molecule has 1 amide bonds. The molecule has 0 atom stereocenters. The van der Waals surface area contributed by atoms with Crippen molar-refractivity contribution in [2.45, 2.75) is 13.8 Å². The van der Waals surface area contributed by atoms with Gasteiger partial charge < -0.3 is 10.3 Å². The van der Waals surface area contributed by atoms with E-state index in [4.69, 9.17) is 21.9 Å². The number of nitrogens with two attached hydrogens (primary N) is 1. The van der Waals surface area contributed by atoms with Crippen molar-refractivity contribution in [3.63, 3.8) is 0 Å². The summed E-state index contributed by atoms with van der Waals surface area (Å²) in [6, 6.07) is 5.44. The Morgan fingerprint density at radius 1 is 1.52 bits per heavy atom. The van der Waals surface area contributed by atoms with Crippen molar-refractivity contribution in [3.8, 4) is 11.3 Å². The van der Waals surface area contributed by atoms with Gasteiger partial charge in [0.15, 0.2) is 5.96 Å². The summed E-state index contributed by atoms with van der Waals surface area (Å²) in [5.74, 6) is -0.0888. The molecule has 23 heavy (non-hydrogen) atoms. The van der Waals surface area contributed by atoms with E-state index in [9.17, 15) is 4.79 Å². The number of carbonyl (C=O) groups is 1. The maximum absolute atomic E-state index is 12.5. The number of carbonyl (C=O) groups excluding carboxylic acids is 1. The summed E-state index contributed by atoms with van der Waals surface area (Å²) in [5.41, 5.74) is 7.84. The molecule has 7 heteroatoms. The molecule has 0 aliphatic carbocycles. The van der Waals surface area contributed by atoms with Crippen LogP contribution in [0.2, 0.25) is 5.02 Å². The van der Waals surface area contributed by atoms with Crippen LogP contribution >= 0.6 is 11.6 Å². The zero-order chi connectivity index (χ0) is 17.0. The smallest absolute Gasteiger partial charge is 0.263 e. The van der Waals surface area contributed by atoms with Crippen LogP contribution in [-0.4, -0.2) is 23.6 Å². The summed E-state index contributed by atoms with van der Waals surface area (Å²) in [7, 11) is 0. The van der Waals surface area contributed by atoms with Gasteiger partial charge in [-0.2, -0.15) is 0 Å². The number of amides is 1. The Hall–Kier alpha value is -2.60. The highest BCUT2D eigenvalue weighted by Crippen LogP contribution is 2.33. The first-order valence-corrected chi connectivity index (χ1v) is 7.27. The van der Waals surface area contributed by atoms with Gasteiger partial charge in [-0.15, -0.1) is 6.58 Å². The van der Waals surface area contributed by atoms with Gasteiger partial charge in [0, 0.05) is 5.56 Å². The van der Waals surface area contributed by atoms with Crippen LogP contribution in [-0.2, 0) is 0 Å². The molecule has 0 fully saturated rings. The summed E-state index contributed by atoms with van der Waals surface area (Å²) in [6.45, 7) is 7.37. The van der Waals surface area contributed by atoms with Gasteiger partial charge in [-0.05, 0) is 25.5 Å². The van der Waals surface area contributed by atoms with Crippen molar-refractivity contribution in [1.29, 1.82) is 0 Å². The van der Waals surface area contributed by atoms with E-state index < -0.39 is 5.91 Å². The lowest BCUT2D eigenvalue weighted by Gasteiger charge is -2.08. The van der Waals surface area contributed by atoms with Crippen LogP contribution < -0.4 is 11.1 Å². The highest BCUT2D eigenvalue weighted by molar-refractivity contribution is 6.33. The van der Waals surface area contributed by atoms with Crippen molar-refractivity contribution in [2.24, 2.45) is 10.7 Å². The maximum atomic E-state index is 12.5. The minimum Gasteiger partial charge on any atom is -0.370 e. The van der Waals surface area contributed by atoms with E-state index in [1.807, 2.05) is 19.1 Å². The van der Waals surface area contributed by atoms with Crippen LogP contribution in [0, 0.1) is 13.8 Å². The first kappa shape index (κ1) is 16.8. The molecular formula is C16H17ClN4O2. The molecule has 0 radical (unpaired) electrons. The molecule has 6 nitrogen and oxygen atoms in total. The van der Waals surface area contributed by atoms with E-state index in [1.54, 1.807) is 19.1 Å². The Morgan fingerprint density at radius 3 is 2.91 bits per heavy atom. The summed E-state index contributed by atoms with van der Waals surface area (Å²) in [6.07, 6.45) is 1.57. The molecule has 0 aliphatic rings. The fraction of sp³-hybridized carbons (Fsp3) is 0.188. The first-order valence-electron chi connectivity index (χ1n) is 6.89. The van der Waals surface area contributed by atoms with E-state index in [1.165, 1.54) is 0 Å². The highest BCUT2D eigenvalue weighted by Gasteiger charge is 2.24. The van der Waals surface area contributed by atoms with E-state index in [0.717, 1.165) is 5.56 Å². The van der Waals surface area contributed by atoms with Crippen molar-refractivity contribution in [1.82, 2.24) is 10.5 Å². The maximum Gasteiger partial charge on any atom is 0.263 e. The zero-order valence-corrected chi connectivity index (χ0v) is 13.6. The van der Waals surface area contributed by atoms with E-state index >= 15 is 0 Å². The van der Waals surface area contributed by atoms with Gasteiger partial charge in [-0.3, -0.25) is 10.1 Å². The SMILES string of the molecule is C=CCN=C(N)NC(=O)c1c(-c2c(C)cccc2Cl)noc1C. The number of halogens is 1. The zero-order valence-electron chi connectivity index (χ0n) is 12.9. The third kappa shape index (κ3) is 3.60. The van der Waals surface area contributed by atoms with Crippen molar-refractivity contribution >= 4 is 23.5 Å². The molecule has 0 saturated heterocycles. The molecule has 1 heterocycles. The van der Waals surface area contributed by atoms with Crippen LogP contribution in [0.3, 0.4) is 0 Å². The fourth-order valence-corrected chi connectivity index (χ4v) is 2.43. The van der Waals surface area contributed by atoms with Crippen LogP contribution in [0.1, 0.15) is 21.7 Å². The summed E-state index contributed by atoms with van der Waals surface area (Å²) in [5, 5.41) is 6.97. The Morgan fingerprint density at radius 2 is 2.26 bits per heavy atom. The fourth-order valence-electron chi connectivity index (χ4n) is 2.12. The average Bonchev–Trinajstić information content (AvgIpc) is 2.86. The second-order valence-corrected chi connectivity index (χ2v) is 5.27. The lowest BCUT2D eigenvalue weighted by atomic mass is 10.0. The van der Waals surface area contributed by atoms with Gasteiger partial charge in [0.1, 0.15) is 17.0 Å². The van der Waals surface area contributed by atoms with E-state index in [0.29, 0.717) is 28.6 Å². The molecule has 1 aromatic heterocycles. The first-order chi connectivity index (χ1) is 11.0. The van der Waals surface area contributed by atoms with Gasteiger partial charge in [-0.1, -0.05) is 35.0 Å². The highest BCUT2D eigenvalue weighted by atomic mass is 35.5. The number of aromatic nitrogens is 1. The number of benzene rings is 1. The molecule has 0 saturated carbocycles. The number of nitrogens with one attached hydrogen (secondary N) is 1. The number of hydrogen-bond donors (Lipinski definition) is 2.